The molecular weight excluding hydrogens is 383 g/mol. The lowest BCUT2D eigenvalue weighted by Crippen LogP contribution is -2.15. The molecule has 0 spiro atoms. The van der Waals surface area contributed by atoms with Crippen molar-refractivity contribution in [1.29, 1.82) is 0 Å². The summed E-state index contributed by atoms with van der Waals surface area (Å²) in [5.74, 6) is -0.600. The number of hydrogen-bond acceptors (Lipinski definition) is 5. The van der Waals surface area contributed by atoms with Crippen LogP contribution in [0.4, 0.5) is 10.3 Å². The van der Waals surface area contributed by atoms with E-state index < -0.39 is 5.82 Å². The van der Waals surface area contributed by atoms with E-state index >= 15 is 0 Å². The van der Waals surface area contributed by atoms with Crippen molar-refractivity contribution in [1.82, 2.24) is 15.1 Å². The number of carbonyl (C=O) groups excluding carboxylic acids is 1. The molecule has 0 fully saturated rings. The highest BCUT2D eigenvalue weighted by molar-refractivity contribution is 5.97. The summed E-state index contributed by atoms with van der Waals surface area (Å²) in [5, 5.41) is 6.81. The molecule has 0 saturated heterocycles. The number of halogens is 1. The molecule has 0 unspecified atom stereocenters. The van der Waals surface area contributed by atoms with Gasteiger partial charge in [0.05, 0.1) is 17.7 Å². The molecule has 0 saturated carbocycles. The van der Waals surface area contributed by atoms with Crippen LogP contribution in [0.2, 0.25) is 0 Å². The summed E-state index contributed by atoms with van der Waals surface area (Å²) in [7, 11) is 0. The van der Waals surface area contributed by atoms with E-state index in [1.807, 2.05) is 38.1 Å². The topological polar surface area (TPSA) is 80.9 Å². The van der Waals surface area contributed by atoms with Gasteiger partial charge < -0.3 is 4.52 Å². The van der Waals surface area contributed by atoms with Crippen molar-refractivity contribution in [3.8, 4) is 22.5 Å². The van der Waals surface area contributed by atoms with Crippen LogP contribution in [0.5, 0.6) is 0 Å². The largest absolute Gasteiger partial charge is 0.337 e. The number of carbonyl (C=O) groups is 1. The first kappa shape index (κ1) is 19.4. The normalized spacial score (nSPS) is 10.8. The summed E-state index contributed by atoms with van der Waals surface area (Å²) in [5.41, 5.74) is 4.20. The first-order valence-electron chi connectivity index (χ1n) is 9.40. The Bertz CT molecular complexity index is 1210. The van der Waals surface area contributed by atoms with Crippen molar-refractivity contribution in [2.75, 3.05) is 5.32 Å². The Morgan fingerprint density at radius 2 is 1.97 bits per heavy atom. The van der Waals surface area contributed by atoms with E-state index in [0.717, 1.165) is 16.7 Å². The molecule has 0 atom stereocenters. The molecule has 1 amide bonds. The maximum absolute atomic E-state index is 14.6. The standard InChI is InChI=1S/C23H19FN4O2/c1-14-7-8-18(24)17(11-14)22-21(19-9-10-25-13-26-19)23(30-28-22)27-20(29)12-16-6-4-3-5-15(16)2/h3-11,13H,12H2,1-2H3,(H,27,29). The highest BCUT2D eigenvalue weighted by atomic mass is 19.1. The molecule has 0 aliphatic heterocycles. The quantitative estimate of drug-likeness (QED) is 0.522. The third kappa shape index (κ3) is 3.96. The zero-order valence-electron chi connectivity index (χ0n) is 16.5. The first-order valence-corrected chi connectivity index (χ1v) is 9.40. The van der Waals surface area contributed by atoms with Gasteiger partial charge in [0, 0.05) is 11.8 Å². The average Bonchev–Trinajstić information content (AvgIpc) is 3.15. The van der Waals surface area contributed by atoms with E-state index in [1.165, 1.54) is 12.4 Å². The molecule has 2 aromatic carbocycles. The summed E-state index contributed by atoms with van der Waals surface area (Å²) in [6.45, 7) is 3.81. The van der Waals surface area contributed by atoms with Crippen molar-refractivity contribution < 1.29 is 13.7 Å². The second-order valence-electron chi connectivity index (χ2n) is 6.96. The lowest BCUT2D eigenvalue weighted by Gasteiger charge is -2.08. The van der Waals surface area contributed by atoms with Crippen molar-refractivity contribution >= 4 is 11.8 Å². The Hall–Kier alpha value is -3.87. The van der Waals surface area contributed by atoms with Gasteiger partial charge in [-0.15, -0.1) is 0 Å². The summed E-state index contributed by atoms with van der Waals surface area (Å²) in [4.78, 5) is 20.8. The summed E-state index contributed by atoms with van der Waals surface area (Å²) in [6.07, 6.45) is 3.10. The van der Waals surface area contributed by atoms with Gasteiger partial charge in [-0.3, -0.25) is 10.1 Å². The number of aromatic nitrogens is 3. The molecular formula is C23H19FN4O2. The minimum Gasteiger partial charge on any atom is -0.337 e. The summed E-state index contributed by atoms with van der Waals surface area (Å²) >= 11 is 0. The Labute approximate surface area is 172 Å². The van der Waals surface area contributed by atoms with E-state index in [0.29, 0.717) is 11.3 Å². The van der Waals surface area contributed by atoms with Gasteiger partial charge in [0.15, 0.2) is 0 Å². The fourth-order valence-corrected chi connectivity index (χ4v) is 3.21. The number of amides is 1. The van der Waals surface area contributed by atoms with E-state index in [9.17, 15) is 9.18 Å². The summed E-state index contributed by atoms with van der Waals surface area (Å²) < 4.78 is 20.0. The lowest BCUT2D eigenvalue weighted by molar-refractivity contribution is -0.115. The maximum atomic E-state index is 14.6. The Morgan fingerprint density at radius 1 is 1.13 bits per heavy atom. The van der Waals surface area contributed by atoms with Crippen LogP contribution in [0.25, 0.3) is 22.5 Å². The number of rotatable bonds is 5. The molecule has 1 N–H and O–H groups in total. The van der Waals surface area contributed by atoms with Gasteiger partial charge in [0.25, 0.3) is 0 Å². The predicted molar refractivity (Wildman–Crippen MR) is 111 cm³/mol. The van der Waals surface area contributed by atoms with Gasteiger partial charge >= 0.3 is 0 Å². The van der Waals surface area contributed by atoms with E-state index in [4.69, 9.17) is 4.52 Å². The van der Waals surface area contributed by atoms with E-state index in [2.05, 4.69) is 20.4 Å². The van der Waals surface area contributed by atoms with Crippen LogP contribution in [0.1, 0.15) is 16.7 Å². The molecule has 150 valence electrons. The van der Waals surface area contributed by atoms with Crippen molar-refractivity contribution in [3.05, 3.63) is 83.6 Å². The zero-order valence-corrected chi connectivity index (χ0v) is 16.5. The minimum atomic E-state index is -0.443. The molecule has 30 heavy (non-hydrogen) atoms. The van der Waals surface area contributed by atoms with Crippen LogP contribution in [-0.2, 0) is 11.2 Å². The second-order valence-corrected chi connectivity index (χ2v) is 6.96. The van der Waals surface area contributed by atoms with Crippen molar-refractivity contribution in [2.45, 2.75) is 20.3 Å². The number of hydrogen-bond donors (Lipinski definition) is 1. The number of aryl methyl sites for hydroxylation is 2. The van der Waals surface area contributed by atoms with Crippen LogP contribution in [0, 0.1) is 19.7 Å². The highest BCUT2D eigenvalue weighted by Gasteiger charge is 2.24. The molecule has 6 nitrogen and oxygen atoms in total. The zero-order chi connectivity index (χ0) is 21.1. The number of nitrogens with one attached hydrogen (secondary N) is 1. The predicted octanol–water partition coefficient (Wildman–Crippen LogP) is 4.74. The highest BCUT2D eigenvalue weighted by Crippen LogP contribution is 2.38. The third-order valence-corrected chi connectivity index (χ3v) is 4.77. The van der Waals surface area contributed by atoms with E-state index in [1.54, 1.807) is 24.4 Å². The second kappa shape index (κ2) is 8.24. The van der Waals surface area contributed by atoms with Crippen molar-refractivity contribution in [3.63, 3.8) is 0 Å². The molecule has 4 aromatic rings. The lowest BCUT2D eigenvalue weighted by atomic mass is 10.0. The monoisotopic (exact) mass is 402 g/mol. The van der Waals surface area contributed by atoms with Gasteiger partial charge in [-0.2, -0.15) is 0 Å². The fraction of sp³-hybridized carbons (Fsp3) is 0.130. The molecule has 0 radical (unpaired) electrons. The number of benzene rings is 2. The van der Waals surface area contributed by atoms with Gasteiger partial charge in [0.2, 0.25) is 11.8 Å². The Kier molecular flexibility index (Phi) is 5.34. The van der Waals surface area contributed by atoms with Gasteiger partial charge in [-0.25, -0.2) is 14.4 Å². The average molecular weight is 402 g/mol. The van der Waals surface area contributed by atoms with Crippen molar-refractivity contribution in [2.24, 2.45) is 0 Å². The molecule has 4 rings (SSSR count). The number of nitrogens with zero attached hydrogens (tertiary/aromatic N) is 3. The SMILES string of the molecule is Cc1ccc(F)c(-c2noc(NC(=O)Cc3ccccc3C)c2-c2ccncn2)c1. The van der Waals surface area contributed by atoms with Crippen LogP contribution in [0.15, 0.2) is 65.6 Å². The Balaban J connectivity index is 1.74. The van der Waals surface area contributed by atoms with Crippen LogP contribution in [-0.4, -0.2) is 21.0 Å². The number of anilines is 1. The first-order chi connectivity index (χ1) is 14.5. The summed E-state index contributed by atoms with van der Waals surface area (Å²) in [6, 6.07) is 14.0. The Morgan fingerprint density at radius 3 is 2.73 bits per heavy atom. The van der Waals surface area contributed by atoms with Gasteiger partial charge in [-0.05, 0) is 43.2 Å². The molecule has 0 bridgehead atoms. The van der Waals surface area contributed by atoms with Gasteiger partial charge in [0.1, 0.15) is 17.8 Å². The fourth-order valence-electron chi connectivity index (χ4n) is 3.21. The molecule has 7 heteroatoms. The molecule has 0 aliphatic carbocycles. The van der Waals surface area contributed by atoms with Crippen LogP contribution < -0.4 is 5.32 Å². The molecule has 2 aromatic heterocycles. The molecule has 0 aliphatic rings. The van der Waals surface area contributed by atoms with E-state index in [-0.39, 0.29) is 29.5 Å². The van der Waals surface area contributed by atoms with Crippen LogP contribution >= 0.6 is 0 Å². The van der Waals surface area contributed by atoms with Gasteiger partial charge in [-0.1, -0.05) is 41.1 Å². The minimum absolute atomic E-state index is 0.114. The maximum Gasteiger partial charge on any atom is 0.241 e. The third-order valence-electron chi connectivity index (χ3n) is 4.77. The van der Waals surface area contributed by atoms with Crippen LogP contribution in [0.3, 0.4) is 0 Å². The molecule has 2 heterocycles. The smallest absolute Gasteiger partial charge is 0.241 e.